The van der Waals surface area contributed by atoms with E-state index in [0.717, 1.165) is 38.0 Å². The molecule has 21 heavy (non-hydrogen) atoms. The molecule has 110 valence electrons. The molecule has 0 bridgehead atoms. The molecule has 2 aromatic heterocycles. The number of nitrogens with zero attached hydrogens (tertiary/aromatic N) is 3. The van der Waals surface area contributed by atoms with Crippen LogP contribution in [-0.4, -0.2) is 28.0 Å². The molecule has 0 saturated heterocycles. The molecular weight excluding hydrogens is 267 g/mol. The van der Waals surface area contributed by atoms with Gasteiger partial charge in [-0.1, -0.05) is 6.92 Å². The van der Waals surface area contributed by atoms with Gasteiger partial charge in [0, 0.05) is 11.9 Å². The van der Waals surface area contributed by atoms with E-state index in [9.17, 15) is 4.39 Å². The maximum absolute atomic E-state index is 12.9. The highest BCUT2D eigenvalue weighted by Crippen LogP contribution is 2.25. The number of rotatable bonds is 4. The maximum atomic E-state index is 12.9. The summed E-state index contributed by atoms with van der Waals surface area (Å²) in [6, 6.07) is 3.01. The Labute approximate surface area is 123 Å². The first kappa shape index (κ1) is 14.1. The Kier molecular flexibility index (Phi) is 4.20. The maximum Gasteiger partial charge on any atom is 0.178 e. The second-order valence-corrected chi connectivity index (χ2v) is 5.44. The van der Waals surface area contributed by atoms with E-state index in [0.29, 0.717) is 17.4 Å². The van der Waals surface area contributed by atoms with Crippen molar-refractivity contribution in [2.24, 2.45) is 5.92 Å². The molecule has 0 radical (unpaired) electrons. The summed E-state index contributed by atoms with van der Waals surface area (Å²) < 4.78 is 12.9. The van der Waals surface area contributed by atoms with Crippen molar-refractivity contribution in [3.63, 3.8) is 0 Å². The van der Waals surface area contributed by atoms with E-state index in [4.69, 9.17) is 0 Å². The molecule has 2 heterocycles. The van der Waals surface area contributed by atoms with Gasteiger partial charge in [-0.2, -0.15) is 0 Å². The van der Waals surface area contributed by atoms with Crippen molar-refractivity contribution >= 4 is 0 Å². The van der Waals surface area contributed by atoms with Crippen LogP contribution < -0.4 is 5.32 Å². The fourth-order valence-corrected chi connectivity index (χ4v) is 2.74. The Morgan fingerprint density at radius 2 is 2.19 bits per heavy atom. The molecule has 1 unspecified atom stereocenters. The highest BCUT2D eigenvalue weighted by atomic mass is 19.1. The van der Waals surface area contributed by atoms with E-state index >= 15 is 0 Å². The van der Waals surface area contributed by atoms with Crippen molar-refractivity contribution in [2.75, 3.05) is 13.1 Å². The smallest absolute Gasteiger partial charge is 0.178 e. The van der Waals surface area contributed by atoms with Crippen LogP contribution in [0.4, 0.5) is 4.39 Å². The summed E-state index contributed by atoms with van der Waals surface area (Å²) in [5.74, 6) is 0.901. The third-order valence-corrected chi connectivity index (χ3v) is 3.89. The van der Waals surface area contributed by atoms with Crippen molar-refractivity contribution in [3.05, 3.63) is 41.6 Å². The minimum absolute atomic E-state index is 0.344. The van der Waals surface area contributed by atoms with E-state index in [1.165, 1.54) is 17.8 Å². The zero-order valence-electron chi connectivity index (χ0n) is 12.1. The van der Waals surface area contributed by atoms with Crippen molar-refractivity contribution in [2.45, 2.75) is 26.2 Å². The van der Waals surface area contributed by atoms with Gasteiger partial charge in [-0.05, 0) is 56.0 Å². The van der Waals surface area contributed by atoms with Gasteiger partial charge < -0.3 is 5.32 Å². The summed E-state index contributed by atoms with van der Waals surface area (Å²) in [5, 5.41) is 3.40. The molecular formula is C16H19FN4. The Morgan fingerprint density at radius 1 is 1.29 bits per heavy atom. The van der Waals surface area contributed by atoms with E-state index in [2.05, 4.69) is 27.2 Å². The number of aryl methyl sites for hydroxylation is 1. The molecule has 1 aliphatic rings. The number of hydrogen-bond acceptors (Lipinski definition) is 4. The highest BCUT2D eigenvalue weighted by molar-refractivity contribution is 5.49. The van der Waals surface area contributed by atoms with E-state index in [-0.39, 0.29) is 5.82 Å². The Bertz CT molecular complexity index is 612. The number of nitrogens with one attached hydrogen (secondary N) is 1. The van der Waals surface area contributed by atoms with Crippen LogP contribution in [0, 0.1) is 11.7 Å². The van der Waals surface area contributed by atoms with Gasteiger partial charge in [0.05, 0.1) is 6.20 Å². The van der Waals surface area contributed by atoms with E-state index < -0.39 is 0 Å². The molecule has 4 nitrogen and oxygen atoms in total. The summed E-state index contributed by atoms with van der Waals surface area (Å²) in [6.07, 6.45) is 6.25. The quantitative estimate of drug-likeness (QED) is 0.937. The van der Waals surface area contributed by atoms with Crippen molar-refractivity contribution in [1.29, 1.82) is 0 Å². The van der Waals surface area contributed by atoms with Crippen LogP contribution >= 0.6 is 0 Å². The lowest BCUT2D eigenvalue weighted by atomic mass is 9.87. The molecule has 0 saturated carbocycles. The lowest BCUT2D eigenvalue weighted by Crippen LogP contribution is -2.27. The first-order valence-electron chi connectivity index (χ1n) is 7.43. The molecule has 3 rings (SSSR count). The zero-order valence-corrected chi connectivity index (χ0v) is 12.1. The van der Waals surface area contributed by atoms with Crippen LogP contribution in [0.15, 0.2) is 24.5 Å². The molecule has 1 aliphatic carbocycles. The molecule has 0 amide bonds. The summed E-state index contributed by atoms with van der Waals surface area (Å²) in [6.45, 7) is 4.19. The fourth-order valence-electron chi connectivity index (χ4n) is 2.74. The summed E-state index contributed by atoms with van der Waals surface area (Å²) in [7, 11) is 0. The molecule has 0 spiro atoms. The second kappa shape index (κ2) is 6.26. The van der Waals surface area contributed by atoms with Gasteiger partial charge in [-0.25, -0.2) is 19.3 Å². The number of pyridine rings is 1. The third kappa shape index (κ3) is 3.24. The minimum Gasteiger partial charge on any atom is -0.317 e. The average Bonchev–Trinajstić information content (AvgIpc) is 2.53. The highest BCUT2D eigenvalue weighted by Gasteiger charge is 2.20. The fraction of sp³-hybridized carbons (Fsp3) is 0.438. The predicted molar refractivity (Wildman–Crippen MR) is 79.3 cm³/mol. The lowest BCUT2D eigenvalue weighted by molar-refractivity contribution is 0.424. The minimum atomic E-state index is -0.344. The SMILES string of the molecule is CCNCC1CCc2nc(-c3ccc(F)cn3)ncc2C1. The lowest BCUT2D eigenvalue weighted by Gasteiger charge is -2.23. The second-order valence-electron chi connectivity index (χ2n) is 5.44. The van der Waals surface area contributed by atoms with E-state index in [1.54, 1.807) is 6.07 Å². The summed E-state index contributed by atoms with van der Waals surface area (Å²) >= 11 is 0. The number of fused-ring (bicyclic) bond motifs is 1. The van der Waals surface area contributed by atoms with Gasteiger partial charge in [0.25, 0.3) is 0 Å². The molecule has 0 aliphatic heterocycles. The van der Waals surface area contributed by atoms with Gasteiger partial charge in [-0.3, -0.25) is 0 Å². The van der Waals surface area contributed by atoms with Crippen LogP contribution in [0.25, 0.3) is 11.5 Å². The van der Waals surface area contributed by atoms with Crippen LogP contribution in [-0.2, 0) is 12.8 Å². The molecule has 2 aromatic rings. The van der Waals surface area contributed by atoms with Crippen LogP contribution in [0.2, 0.25) is 0 Å². The Balaban J connectivity index is 1.78. The normalized spacial score (nSPS) is 17.5. The van der Waals surface area contributed by atoms with Crippen molar-refractivity contribution in [1.82, 2.24) is 20.3 Å². The van der Waals surface area contributed by atoms with Gasteiger partial charge in [0.15, 0.2) is 5.82 Å². The first-order chi connectivity index (χ1) is 10.3. The van der Waals surface area contributed by atoms with Crippen molar-refractivity contribution < 1.29 is 4.39 Å². The molecule has 1 N–H and O–H groups in total. The standard InChI is InChI=1S/C16H19FN4/c1-2-18-8-11-3-5-14-12(7-11)9-20-16(21-14)15-6-4-13(17)10-19-15/h4,6,9-11,18H,2-3,5,7-8H2,1H3. The number of aromatic nitrogens is 3. The van der Waals surface area contributed by atoms with Crippen molar-refractivity contribution in [3.8, 4) is 11.5 Å². The molecule has 1 atom stereocenters. The number of halogens is 1. The Morgan fingerprint density at radius 3 is 2.95 bits per heavy atom. The van der Waals surface area contributed by atoms with Gasteiger partial charge in [0.1, 0.15) is 11.5 Å². The van der Waals surface area contributed by atoms with Gasteiger partial charge in [-0.15, -0.1) is 0 Å². The van der Waals surface area contributed by atoms with Gasteiger partial charge >= 0.3 is 0 Å². The molecule has 0 fully saturated rings. The monoisotopic (exact) mass is 286 g/mol. The first-order valence-corrected chi connectivity index (χ1v) is 7.43. The van der Waals surface area contributed by atoms with Crippen LogP contribution in [0.1, 0.15) is 24.6 Å². The van der Waals surface area contributed by atoms with Gasteiger partial charge in [0.2, 0.25) is 0 Å². The molecule has 0 aromatic carbocycles. The molecule has 5 heteroatoms. The average molecular weight is 286 g/mol. The van der Waals surface area contributed by atoms with Crippen LogP contribution in [0.3, 0.4) is 0 Å². The zero-order chi connectivity index (χ0) is 14.7. The predicted octanol–water partition coefficient (Wildman–Crippen LogP) is 2.39. The summed E-state index contributed by atoms with van der Waals surface area (Å²) in [5.41, 5.74) is 2.96. The topological polar surface area (TPSA) is 50.7 Å². The third-order valence-electron chi connectivity index (χ3n) is 3.89. The number of hydrogen-bond donors (Lipinski definition) is 1. The summed E-state index contributed by atoms with van der Waals surface area (Å²) in [4.78, 5) is 13.0. The van der Waals surface area contributed by atoms with Crippen LogP contribution in [0.5, 0.6) is 0 Å². The Hall–Kier alpha value is -1.88. The largest absolute Gasteiger partial charge is 0.317 e. The van der Waals surface area contributed by atoms with E-state index in [1.807, 2.05) is 6.20 Å².